The molecule has 0 aromatic carbocycles. The summed E-state index contributed by atoms with van der Waals surface area (Å²) >= 11 is 5.04. The van der Waals surface area contributed by atoms with Crippen LogP contribution in [0.25, 0.3) is 0 Å². The average molecular weight is 352 g/mol. The van der Waals surface area contributed by atoms with Crippen LogP contribution in [0.1, 0.15) is 0 Å². The number of aromatic nitrogens is 1. The molecule has 1 saturated heterocycles. The van der Waals surface area contributed by atoms with Crippen LogP contribution in [0.2, 0.25) is 0 Å². The van der Waals surface area contributed by atoms with Crippen molar-refractivity contribution in [2.45, 2.75) is 5.37 Å². The summed E-state index contributed by atoms with van der Waals surface area (Å²) in [5, 5.41) is -0.524. The number of nitrogens with two attached hydrogens (primary N) is 1. The number of nitrogens with zero attached hydrogens (tertiary/aromatic N) is 2. The van der Waals surface area contributed by atoms with Crippen LogP contribution >= 0.6 is 27.7 Å². The molecular formula is C10H14BrN3O2S2. The van der Waals surface area contributed by atoms with Gasteiger partial charge in [-0.05, 0) is 22.0 Å². The first kappa shape index (κ1) is 14.0. The molecule has 8 heteroatoms. The van der Waals surface area contributed by atoms with E-state index in [-0.39, 0.29) is 0 Å². The lowest BCUT2D eigenvalue weighted by Gasteiger charge is -2.35. The summed E-state index contributed by atoms with van der Waals surface area (Å²) in [5.41, 5.74) is 6.19. The SMILES string of the molecule is CS(=O)(=O)C1CSCCN1c1ncc(N)cc1Br. The van der Waals surface area contributed by atoms with Crippen LogP contribution in [0, 0.1) is 0 Å². The zero-order chi connectivity index (χ0) is 13.3. The van der Waals surface area contributed by atoms with E-state index in [4.69, 9.17) is 5.73 Å². The van der Waals surface area contributed by atoms with Gasteiger partial charge in [0, 0.05) is 24.3 Å². The fourth-order valence-electron chi connectivity index (χ4n) is 1.83. The smallest absolute Gasteiger partial charge is 0.169 e. The molecule has 1 atom stereocenters. The van der Waals surface area contributed by atoms with Crippen molar-refractivity contribution in [2.75, 3.05) is 34.9 Å². The van der Waals surface area contributed by atoms with E-state index in [0.717, 1.165) is 10.2 Å². The molecule has 2 N–H and O–H groups in total. The van der Waals surface area contributed by atoms with Crippen LogP contribution in [0.3, 0.4) is 0 Å². The van der Waals surface area contributed by atoms with Crippen molar-refractivity contribution in [3.05, 3.63) is 16.7 Å². The van der Waals surface area contributed by atoms with E-state index in [0.29, 0.717) is 23.8 Å². The number of thioether (sulfide) groups is 1. The van der Waals surface area contributed by atoms with Crippen molar-refractivity contribution < 1.29 is 8.42 Å². The summed E-state index contributed by atoms with van der Waals surface area (Å²) < 4.78 is 24.4. The minimum absolute atomic E-state index is 0.524. The van der Waals surface area contributed by atoms with Gasteiger partial charge in [0.05, 0.1) is 16.4 Å². The van der Waals surface area contributed by atoms with E-state index in [1.165, 1.54) is 6.26 Å². The Balaban J connectivity index is 2.40. The molecule has 0 bridgehead atoms. The number of rotatable bonds is 2. The Labute approximate surface area is 119 Å². The van der Waals surface area contributed by atoms with Gasteiger partial charge in [-0.25, -0.2) is 13.4 Å². The third kappa shape index (κ3) is 2.92. The Hall–Kier alpha value is -0.470. The molecule has 18 heavy (non-hydrogen) atoms. The Bertz CT molecular complexity index is 550. The highest BCUT2D eigenvalue weighted by atomic mass is 79.9. The third-order valence-corrected chi connectivity index (χ3v) is 5.92. The maximum Gasteiger partial charge on any atom is 0.169 e. The van der Waals surface area contributed by atoms with Crippen LogP contribution in [-0.4, -0.2) is 43.1 Å². The van der Waals surface area contributed by atoms with Gasteiger partial charge in [-0.3, -0.25) is 0 Å². The van der Waals surface area contributed by atoms with Crippen LogP contribution < -0.4 is 10.6 Å². The van der Waals surface area contributed by atoms with Crippen molar-refractivity contribution in [1.82, 2.24) is 4.98 Å². The summed E-state index contributed by atoms with van der Waals surface area (Å²) in [6, 6.07) is 1.74. The topological polar surface area (TPSA) is 76.3 Å². The molecule has 1 fully saturated rings. The monoisotopic (exact) mass is 351 g/mol. The van der Waals surface area contributed by atoms with Crippen molar-refractivity contribution in [2.24, 2.45) is 0 Å². The number of anilines is 2. The second-order valence-corrected chi connectivity index (χ2v) is 8.33. The first-order chi connectivity index (χ1) is 8.39. The van der Waals surface area contributed by atoms with Gasteiger partial charge in [0.1, 0.15) is 11.2 Å². The van der Waals surface area contributed by atoms with Gasteiger partial charge in [0.2, 0.25) is 0 Å². The number of hydrogen-bond donors (Lipinski definition) is 1. The quantitative estimate of drug-likeness (QED) is 0.866. The lowest BCUT2D eigenvalue weighted by molar-refractivity contribution is 0.583. The zero-order valence-electron chi connectivity index (χ0n) is 9.84. The average Bonchev–Trinajstić information content (AvgIpc) is 2.28. The molecule has 1 aromatic heterocycles. The Kier molecular flexibility index (Phi) is 4.08. The lowest BCUT2D eigenvalue weighted by Crippen LogP contribution is -2.47. The van der Waals surface area contributed by atoms with Gasteiger partial charge in [0.25, 0.3) is 0 Å². The fourth-order valence-corrected chi connectivity index (χ4v) is 5.25. The number of hydrogen-bond acceptors (Lipinski definition) is 6. The molecule has 0 amide bonds. The summed E-state index contributed by atoms with van der Waals surface area (Å²) in [6.07, 6.45) is 2.81. The molecule has 2 heterocycles. The summed E-state index contributed by atoms with van der Waals surface area (Å²) in [7, 11) is -3.14. The van der Waals surface area contributed by atoms with Gasteiger partial charge in [-0.2, -0.15) is 11.8 Å². The first-order valence-electron chi connectivity index (χ1n) is 5.34. The molecule has 100 valence electrons. The molecule has 0 radical (unpaired) electrons. The highest BCUT2D eigenvalue weighted by Crippen LogP contribution is 2.31. The molecule has 1 aliphatic heterocycles. The predicted octanol–water partition coefficient (Wildman–Crippen LogP) is 1.35. The molecule has 2 rings (SSSR count). The minimum atomic E-state index is -3.14. The number of pyridine rings is 1. The van der Waals surface area contributed by atoms with Crippen molar-refractivity contribution in [3.63, 3.8) is 0 Å². The van der Waals surface area contributed by atoms with E-state index < -0.39 is 15.2 Å². The maximum atomic E-state index is 11.8. The Morgan fingerprint density at radius 3 is 2.94 bits per heavy atom. The molecule has 1 aromatic rings. The van der Waals surface area contributed by atoms with Crippen molar-refractivity contribution >= 4 is 49.0 Å². The van der Waals surface area contributed by atoms with Crippen molar-refractivity contribution in [3.8, 4) is 0 Å². The van der Waals surface area contributed by atoms with Gasteiger partial charge < -0.3 is 10.6 Å². The van der Waals surface area contributed by atoms with Crippen molar-refractivity contribution in [1.29, 1.82) is 0 Å². The van der Waals surface area contributed by atoms with Gasteiger partial charge in [-0.15, -0.1) is 0 Å². The highest BCUT2D eigenvalue weighted by Gasteiger charge is 2.32. The minimum Gasteiger partial charge on any atom is -0.397 e. The number of halogens is 1. The third-order valence-electron chi connectivity index (χ3n) is 2.69. The zero-order valence-corrected chi connectivity index (χ0v) is 13.1. The van der Waals surface area contributed by atoms with Gasteiger partial charge >= 0.3 is 0 Å². The molecule has 5 nitrogen and oxygen atoms in total. The summed E-state index contributed by atoms with van der Waals surface area (Å²) in [4.78, 5) is 6.07. The van der Waals surface area contributed by atoms with Gasteiger partial charge in [0.15, 0.2) is 9.84 Å². The van der Waals surface area contributed by atoms with Crippen LogP contribution in [0.4, 0.5) is 11.5 Å². The van der Waals surface area contributed by atoms with E-state index >= 15 is 0 Å². The molecule has 1 unspecified atom stereocenters. The Morgan fingerprint density at radius 1 is 1.61 bits per heavy atom. The number of nitrogen functional groups attached to an aromatic ring is 1. The summed E-state index contributed by atoms with van der Waals surface area (Å²) in [5.74, 6) is 2.10. The fraction of sp³-hybridized carbons (Fsp3) is 0.500. The maximum absolute atomic E-state index is 11.8. The van der Waals surface area contributed by atoms with Gasteiger partial charge in [-0.1, -0.05) is 0 Å². The predicted molar refractivity (Wildman–Crippen MR) is 79.7 cm³/mol. The van der Waals surface area contributed by atoms with E-state index in [1.807, 2.05) is 4.90 Å². The molecule has 0 aliphatic carbocycles. The standard InChI is InChI=1S/C10H14BrN3O2S2/c1-18(15,16)9-6-17-3-2-14(9)10-8(11)4-7(12)5-13-10/h4-5,9H,2-3,6,12H2,1H3. The molecule has 1 aliphatic rings. The number of sulfone groups is 1. The Morgan fingerprint density at radius 2 is 2.33 bits per heavy atom. The molecule has 0 spiro atoms. The summed E-state index contributed by atoms with van der Waals surface area (Å²) in [6.45, 7) is 0.665. The van der Waals surface area contributed by atoms with Crippen LogP contribution in [0.15, 0.2) is 16.7 Å². The first-order valence-corrected chi connectivity index (χ1v) is 9.24. The van der Waals surface area contributed by atoms with Crippen LogP contribution in [-0.2, 0) is 9.84 Å². The highest BCUT2D eigenvalue weighted by molar-refractivity contribution is 9.10. The largest absolute Gasteiger partial charge is 0.397 e. The van der Waals surface area contributed by atoms with E-state index in [2.05, 4.69) is 20.9 Å². The second-order valence-electron chi connectivity index (χ2n) is 4.13. The normalized spacial score (nSPS) is 21.0. The molecule has 0 saturated carbocycles. The molecular weight excluding hydrogens is 338 g/mol. The lowest BCUT2D eigenvalue weighted by atomic mass is 10.3. The van der Waals surface area contributed by atoms with E-state index in [1.54, 1.807) is 24.0 Å². The van der Waals surface area contributed by atoms with Crippen LogP contribution in [0.5, 0.6) is 0 Å². The van der Waals surface area contributed by atoms with E-state index in [9.17, 15) is 8.42 Å². The second kappa shape index (κ2) is 5.26.